The predicted octanol–water partition coefficient (Wildman–Crippen LogP) is 3.18. The minimum absolute atomic E-state index is 0.0472. The molecule has 2 N–H and O–H groups in total. The van der Waals surface area contributed by atoms with Crippen molar-refractivity contribution in [3.05, 3.63) is 59.7 Å². The van der Waals surface area contributed by atoms with E-state index in [0.29, 0.717) is 31.7 Å². The molecule has 0 saturated carbocycles. The molecule has 1 atom stereocenters. The highest BCUT2D eigenvalue weighted by molar-refractivity contribution is 5.94. The lowest BCUT2D eigenvalue weighted by atomic mass is 10.0. The van der Waals surface area contributed by atoms with Crippen LogP contribution in [0.15, 0.2) is 48.5 Å². The molecule has 1 fully saturated rings. The smallest absolute Gasteiger partial charge is 0.251 e. The number of amides is 2. The van der Waals surface area contributed by atoms with Crippen LogP contribution in [0.5, 0.6) is 11.5 Å². The van der Waals surface area contributed by atoms with Crippen molar-refractivity contribution in [2.24, 2.45) is 0 Å². The van der Waals surface area contributed by atoms with Crippen molar-refractivity contribution in [3.63, 3.8) is 0 Å². The van der Waals surface area contributed by atoms with Crippen LogP contribution in [-0.2, 0) is 11.2 Å². The zero-order valence-electron chi connectivity index (χ0n) is 19.8. The molecule has 7 heteroatoms. The zero-order chi connectivity index (χ0) is 23.6. The van der Waals surface area contributed by atoms with E-state index in [9.17, 15) is 9.59 Å². The van der Waals surface area contributed by atoms with Gasteiger partial charge in [-0.2, -0.15) is 0 Å². The van der Waals surface area contributed by atoms with Crippen LogP contribution in [-0.4, -0.2) is 62.1 Å². The number of hydrogen-bond donors (Lipinski definition) is 2. The Kier molecular flexibility index (Phi) is 8.79. The number of nitrogens with one attached hydrogen (secondary N) is 2. The van der Waals surface area contributed by atoms with Crippen molar-refractivity contribution in [3.8, 4) is 11.5 Å². The maximum atomic E-state index is 12.7. The number of nitrogens with zero attached hydrogens (tertiary/aromatic N) is 1. The van der Waals surface area contributed by atoms with E-state index in [2.05, 4.69) is 21.6 Å². The minimum atomic E-state index is -0.0739. The number of hydrogen-bond acceptors (Lipinski definition) is 5. The van der Waals surface area contributed by atoms with Crippen molar-refractivity contribution in [1.29, 1.82) is 0 Å². The number of benzene rings is 2. The molecule has 0 bridgehead atoms. The molecule has 0 radical (unpaired) electrons. The van der Waals surface area contributed by atoms with Gasteiger partial charge in [0.05, 0.1) is 0 Å². The molecule has 34 heavy (non-hydrogen) atoms. The fourth-order valence-electron chi connectivity index (χ4n) is 4.54. The second kappa shape index (κ2) is 12.4. The van der Waals surface area contributed by atoms with E-state index in [4.69, 9.17) is 9.47 Å². The molecular formula is C27H35N3O4. The standard InChI is InChI=1S/C27H35N3O4/c31-26(10-4-5-13-28-27(32)22-8-2-1-3-9-22)29-23(20-30-14-6-7-15-30)18-21-11-12-24-25(19-21)34-17-16-33-24/h1-3,8-9,11-12,19,23H,4-7,10,13-18,20H2,(H,28,32)(H,29,31). The summed E-state index contributed by atoms with van der Waals surface area (Å²) in [5.41, 5.74) is 1.79. The van der Waals surface area contributed by atoms with Gasteiger partial charge in [0.15, 0.2) is 11.5 Å². The van der Waals surface area contributed by atoms with Gasteiger partial charge in [0.2, 0.25) is 5.91 Å². The summed E-state index contributed by atoms with van der Waals surface area (Å²) in [6, 6.07) is 15.3. The van der Waals surface area contributed by atoms with E-state index in [0.717, 1.165) is 56.0 Å². The Balaban J connectivity index is 1.23. The maximum absolute atomic E-state index is 12.7. The van der Waals surface area contributed by atoms with Crippen molar-refractivity contribution >= 4 is 11.8 Å². The molecule has 2 aromatic carbocycles. The first-order valence-corrected chi connectivity index (χ1v) is 12.4. The molecule has 0 spiro atoms. The molecule has 2 aliphatic rings. The van der Waals surface area contributed by atoms with Gasteiger partial charge in [-0.3, -0.25) is 9.59 Å². The number of ether oxygens (including phenoxy) is 2. The highest BCUT2D eigenvalue weighted by atomic mass is 16.6. The van der Waals surface area contributed by atoms with Gasteiger partial charge in [0, 0.05) is 31.1 Å². The Morgan fingerprint density at radius 3 is 2.50 bits per heavy atom. The topological polar surface area (TPSA) is 79.9 Å². The number of rotatable bonds is 11. The highest BCUT2D eigenvalue weighted by Gasteiger charge is 2.21. The quantitative estimate of drug-likeness (QED) is 0.499. The average molecular weight is 466 g/mol. The van der Waals surface area contributed by atoms with Crippen molar-refractivity contribution in [1.82, 2.24) is 15.5 Å². The van der Waals surface area contributed by atoms with E-state index in [1.807, 2.05) is 30.3 Å². The van der Waals surface area contributed by atoms with Gasteiger partial charge in [-0.05, 0) is 75.0 Å². The van der Waals surface area contributed by atoms with E-state index in [-0.39, 0.29) is 17.9 Å². The molecule has 2 aliphatic heterocycles. The fraction of sp³-hybridized carbons (Fsp3) is 0.481. The predicted molar refractivity (Wildman–Crippen MR) is 131 cm³/mol. The summed E-state index contributed by atoms with van der Waals surface area (Å²) in [6.45, 7) is 4.75. The molecule has 1 saturated heterocycles. The molecule has 0 aromatic heterocycles. The van der Waals surface area contributed by atoms with Gasteiger partial charge in [0.1, 0.15) is 13.2 Å². The first kappa shape index (κ1) is 24.1. The van der Waals surface area contributed by atoms with Crippen LogP contribution in [0.2, 0.25) is 0 Å². The molecule has 4 rings (SSSR count). The first-order chi connectivity index (χ1) is 16.7. The summed E-state index contributed by atoms with van der Waals surface area (Å²) in [5.74, 6) is 1.56. The summed E-state index contributed by atoms with van der Waals surface area (Å²) in [5, 5.41) is 6.18. The Morgan fingerprint density at radius 2 is 1.71 bits per heavy atom. The van der Waals surface area contributed by atoms with E-state index >= 15 is 0 Å². The fourth-order valence-corrected chi connectivity index (χ4v) is 4.54. The van der Waals surface area contributed by atoms with Gasteiger partial charge >= 0.3 is 0 Å². The normalized spacial score (nSPS) is 16.1. The summed E-state index contributed by atoms with van der Waals surface area (Å²) in [6.07, 6.45) is 5.16. The van der Waals surface area contributed by atoms with E-state index in [1.165, 1.54) is 12.8 Å². The van der Waals surface area contributed by atoms with Crippen LogP contribution in [0.1, 0.15) is 48.0 Å². The summed E-state index contributed by atoms with van der Waals surface area (Å²) >= 11 is 0. The Bertz CT molecular complexity index is 944. The third-order valence-corrected chi connectivity index (χ3v) is 6.28. The van der Waals surface area contributed by atoms with Gasteiger partial charge in [-0.1, -0.05) is 24.3 Å². The molecule has 2 heterocycles. The number of fused-ring (bicyclic) bond motifs is 1. The summed E-state index contributed by atoms with van der Waals surface area (Å²) in [4.78, 5) is 27.2. The van der Waals surface area contributed by atoms with Gasteiger partial charge in [-0.25, -0.2) is 0 Å². The zero-order valence-corrected chi connectivity index (χ0v) is 19.8. The van der Waals surface area contributed by atoms with Crippen molar-refractivity contribution in [2.45, 2.75) is 44.6 Å². The highest BCUT2D eigenvalue weighted by Crippen LogP contribution is 2.31. The van der Waals surface area contributed by atoms with E-state index < -0.39 is 0 Å². The molecule has 7 nitrogen and oxygen atoms in total. The minimum Gasteiger partial charge on any atom is -0.486 e. The average Bonchev–Trinajstić information content (AvgIpc) is 3.37. The van der Waals surface area contributed by atoms with Crippen LogP contribution >= 0.6 is 0 Å². The number of unbranched alkanes of at least 4 members (excludes halogenated alkanes) is 1. The van der Waals surface area contributed by atoms with Gasteiger partial charge in [0.25, 0.3) is 5.91 Å². The van der Waals surface area contributed by atoms with Crippen LogP contribution in [0.4, 0.5) is 0 Å². The Morgan fingerprint density at radius 1 is 0.941 bits per heavy atom. The second-order valence-electron chi connectivity index (χ2n) is 9.03. The molecule has 1 unspecified atom stereocenters. The van der Waals surface area contributed by atoms with Crippen LogP contribution in [0, 0.1) is 0 Å². The SMILES string of the molecule is O=C(CCCCNC(=O)c1ccccc1)NC(Cc1ccc2c(c1)OCCO2)CN1CCCC1. The lowest BCUT2D eigenvalue weighted by Crippen LogP contribution is -2.44. The first-order valence-electron chi connectivity index (χ1n) is 12.4. The molecule has 182 valence electrons. The maximum Gasteiger partial charge on any atom is 0.251 e. The molecular weight excluding hydrogens is 430 g/mol. The number of carbonyl (C=O) groups is 2. The van der Waals surface area contributed by atoms with Crippen molar-refractivity contribution in [2.75, 3.05) is 39.4 Å². The third-order valence-electron chi connectivity index (χ3n) is 6.28. The number of likely N-dealkylation sites (tertiary alicyclic amines) is 1. The third kappa shape index (κ3) is 7.22. The Labute approximate surface area is 201 Å². The summed E-state index contributed by atoms with van der Waals surface area (Å²) in [7, 11) is 0. The lowest BCUT2D eigenvalue weighted by Gasteiger charge is -2.25. The molecule has 0 aliphatic carbocycles. The summed E-state index contributed by atoms with van der Waals surface area (Å²) < 4.78 is 11.4. The lowest BCUT2D eigenvalue weighted by molar-refractivity contribution is -0.122. The van der Waals surface area contributed by atoms with Crippen molar-refractivity contribution < 1.29 is 19.1 Å². The Hall–Kier alpha value is -3.06. The second-order valence-corrected chi connectivity index (χ2v) is 9.03. The largest absolute Gasteiger partial charge is 0.486 e. The monoisotopic (exact) mass is 465 g/mol. The molecule has 2 aromatic rings. The van der Waals surface area contributed by atoms with Crippen LogP contribution < -0.4 is 20.1 Å². The van der Waals surface area contributed by atoms with E-state index in [1.54, 1.807) is 12.1 Å². The van der Waals surface area contributed by atoms with Crippen LogP contribution in [0.25, 0.3) is 0 Å². The molecule has 2 amide bonds. The van der Waals surface area contributed by atoms with Gasteiger partial charge in [-0.15, -0.1) is 0 Å². The van der Waals surface area contributed by atoms with Gasteiger partial charge < -0.3 is 25.0 Å². The van der Waals surface area contributed by atoms with Crippen LogP contribution in [0.3, 0.4) is 0 Å². The number of carbonyl (C=O) groups excluding carboxylic acids is 2.